The highest BCUT2D eigenvalue weighted by atomic mass is 19.1. The van der Waals surface area contributed by atoms with Crippen LogP contribution in [0.3, 0.4) is 0 Å². The Balaban J connectivity index is 1.74. The molecule has 0 spiro atoms. The van der Waals surface area contributed by atoms with Gasteiger partial charge in [-0.3, -0.25) is 19.3 Å². The highest BCUT2D eigenvalue weighted by Gasteiger charge is 2.51. The van der Waals surface area contributed by atoms with Gasteiger partial charge in [0.15, 0.2) is 5.78 Å². The van der Waals surface area contributed by atoms with Crippen molar-refractivity contribution in [3.63, 3.8) is 0 Å². The second kappa shape index (κ2) is 7.83. The zero-order valence-corrected chi connectivity index (χ0v) is 16.0. The smallest absolute Gasteiger partial charge is 0.325 e. The van der Waals surface area contributed by atoms with E-state index >= 15 is 0 Å². The van der Waals surface area contributed by atoms with Crippen LogP contribution in [0.2, 0.25) is 0 Å². The molecular weight excluding hydrogens is 377 g/mol. The van der Waals surface area contributed by atoms with Crippen molar-refractivity contribution in [1.29, 1.82) is 0 Å². The number of Topliss-reactive ketones (excluding diaryl/α,β-unsaturated/α-hetero) is 1. The molecule has 0 aliphatic carbocycles. The summed E-state index contributed by atoms with van der Waals surface area (Å²) in [5.41, 5.74) is 0.0488. The molecule has 1 unspecified atom stereocenters. The highest BCUT2D eigenvalue weighted by Crippen LogP contribution is 2.32. The van der Waals surface area contributed by atoms with Crippen molar-refractivity contribution in [3.8, 4) is 0 Å². The first kappa shape index (κ1) is 20.2. The standard InChI is InChI=1S/C21H20FN3O4/c1-3-21(15-6-8-16(22)9-7-15)19(28)25(20(29)24-21)12-18(27)23-17-10-4-14(5-11-17)13(2)26/h4-11H,3,12H2,1-2H3,(H,23,27)(H,24,29). The number of nitrogens with zero attached hydrogens (tertiary/aromatic N) is 1. The molecule has 2 aromatic rings. The van der Waals surface area contributed by atoms with Gasteiger partial charge < -0.3 is 10.6 Å². The molecule has 0 bridgehead atoms. The van der Waals surface area contributed by atoms with Gasteiger partial charge in [-0.2, -0.15) is 0 Å². The number of benzene rings is 2. The first-order valence-electron chi connectivity index (χ1n) is 9.08. The molecule has 29 heavy (non-hydrogen) atoms. The van der Waals surface area contributed by atoms with E-state index in [1.807, 2.05) is 0 Å². The summed E-state index contributed by atoms with van der Waals surface area (Å²) in [6, 6.07) is 10.9. The van der Waals surface area contributed by atoms with Gasteiger partial charge in [-0.05, 0) is 55.3 Å². The number of carbonyl (C=O) groups excluding carboxylic acids is 4. The van der Waals surface area contributed by atoms with Gasteiger partial charge >= 0.3 is 6.03 Å². The SMILES string of the molecule is CCC1(c2ccc(F)cc2)NC(=O)N(CC(=O)Nc2ccc(C(C)=O)cc2)C1=O. The summed E-state index contributed by atoms with van der Waals surface area (Å²) < 4.78 is 13.2. The molecule has 1 heterocycles. The summed E-state index contributed by atoms with van der Waals surface area (Å²) >= 11 is 0. The van der Waals surface area contributed by atoms with Gasteiger partial charge in [-0.25, -0.2) is 9.18 Å². The summed E-state index contributed by atoms with van der Waals surface area (Å²) in [5.74, 6) is -1.68. The maximum absolute atomic E-state index is 13.2. The average Bonchev–Trinajstić information content (AvgIpc) is 2.94. The maximum Gasteiger partial charge on any atom is 0.325 e. The minimum atomic E-state index is -1.34. The van der Waals surface area contributed by atoms with E-state index in [1.54, 1.807) is 31.2 Å². The Labute approximate surface area is 166 Å². The van der Waals surface area contributed by atoms with Gasteiger partial charge in [0.25, 0.3) is 5.91 Å². The van der Waals surface area contributed by atoms with Crippen LogP contribution in [-0.4, -0.2) is 35.1 Å². The van der Waals surface area contributed by atoms with Crippen LogP contribution in [0.25, 0.3) is 0 Å². The Morgan fingerprint density at radius 2 is 1.69 bits per heavy atom. The second-order valence-electron chi connectivity index (χ2n) is 6.77. The molecule has 3 rings (SSSR count). The van der Waals surface area contributed by atoms with Crippen LogP contribution in [0.1, 0.15) is 36.2 Å². The molecule has 8 heteroatoms. The number of imide groups is 1. The van der Waals surface area contributed by atoms with Gasteiger partial charge in [0.05, 0.1) is 0 Å². The number of hydrogen-bond acceptors (Lipinski definition) is 4. The van der Waals surface area contributed by atoms with Crippen LogP contribution in [0, 0.1) is 5.82 Å². The minimum absolute atomic E-state index is 0.0982. The third-order valence-electron chi connectivity index (χ3n) is 4.92. The fraction of sp³-hybridized carbons (Fsp3) is 0.238. The molecule has 7 nitrogen and oxygen atoms in total. The Morgan fingerprint density at radius 3 is 2.24 bits per heavy atom. The van der Waals surface area contributed by atoms with Crippen LogP contribution in [0.4, 0.5) is 14.9 Å². The molecule has 0 aromatic heterocycles. The van der Waals surface area contributed by atoms with Crippen molar-refractivity contribution in [2.45, 2.75) is 25.8 Å². The molecule has 1 atom stereocenters. The molecule has 1 aliphatic heterocycles. The van der Waals surface area contributed by atoms with E-state index in [0.717, 1.165) is 4.90 Å². The molecule has 2 aromatic carbocycles. The molecule has 1 aliphatic rings. The first-order chi connectivity index (χ1) is 13.8. The Kier molecular flexibility index (Phi) is 5.45. The molecule has 0 saturated carbocycles. The fourth-order valence-electron chi connectivity index (χ4n) is 3.28. The third-order valence-corrected chi connectivity index (χ3v) is 4.92. The van der Waals surface area contributed by atoms with Crippen molar-refractivity contribution in [2.75, 3.05) is 11.9 Å². The number of ketones is 1. The maximum atomic E-state index is 13.2. The molecule has 1 saturated heterocycles. The van der Waals surface area contributed by atoms with Crippen molar-refractivity contribution in [3.05, 3.63) is 65.5 Å². The minimum Gasteiger partial charge on any atom is -0.325 e. The number of hydrogen-bond donors (Lipinski definition) is 2. The van der Waals surface area contributed by atoms with Crippen LogP contribution >= 0.6 is 0 Å². The number of halogens is 1. The van der Waals surface area contributed by atoms with Gasteiger partial charge in [0.1, 0.15) is 17.9 Å². The summed E-state index contributed by atoms with van der Waals surface area (Å²) in [5, 5.41) is 5.23. The predicted octanol–water partition coefficient (Wildman–Crippen LogP) is 2.82. The molecule has 150 valence electrons. The summed E-state index contributed by atoms with van der Waals surface area (Å²) in [6.07, 6.45) is 0.244. The number of amides is 4. The molecule has 4 amide bonds. The Bertz CT molecular complexity index is 972. The fourth-order valence-corrected chi connectivity index (χ4v) is 3.28. The van der Waals surface area contributed by atoms with Crippen molar-refractivity contribution >= 4 is 29.3 Å². The predicted molar refractivity (Wildman–Crippen MR) is 104 cm³/mol. The normalized spacial score (nSPS) is 18.5. The third kappa shape index (κ3) is 3.87. The number of rotatable bonds is 6. The van der Waals surface area contributed by atoms with E-state index in [0.29, 0.717) is 16.8 Å². The van der Waals surface area contributed by atoms with Crippen LogP contribution in [0.15, 0.2) is 48.5 Å². The topological polar surface area (TPSA) is 95.6 Å². The van der Waals surface area contributed by atoms with Gasteiger partial charge in [-0.15, -0.1) is 0 Å². The summed E-state index contributed by atoms with van der Waals surface area (Å²) in [7, 11) is 0. The van der Waals surface area contributed by atoms with E-state index < -0.39 is 35.7 Å². The lowest BCUT2D eigenvalue weighted by Gasteiger charge is -2.25. The van der Waals surface area contributed by atoms with Crippen molar-refractivity contribution in [1.82, 2.24) is 10.2 Å². The van der Waals surface area contributed by atoms with Crippen molar-refractivity contribution < 1.29 is 23.6 Å². The van der Waals surface area contributed by atoms with E-state index in [9.17, 15) is 23.6 Å². The van der Waals surface area contributed by atoms with Crippen LogP contribution in [-0.2, 0) is 15.1 Å². The van der Waals surface area contributed by atoms with E-state index in [4.69, 9.17) is 0 Å². The van der Waals surface area contributed by atoms with E-state index in [1.165, 1.54) is 31.2 Å². The van der Waals surface area contributed by atoms with Crippen LogP contribution in [0.5, 0.6) is 0 Å². The lowest BCUT2D eigenvalue weighted by molar-refractivity contribution is -0.134. The molecular formula is C21H20FN3O4. The van der Waals surface area contributed by atoms with Crippen molar-refractivity contribution in [2.24, 2.45) is 0 Å². The molecule has 1 fully saturated rings. The monoisotopic (exact) mass is 397 g/mol. The van der Waals surface area contributed by atoms with Gasteiger partial charge in [0.2, 0.25) is 5.91 Å². The van der Waals surface area contributed by atoms with Crippen LogP contribution < -0.4 is 10.6 Å². The summed E-state index contributed by atoms with van der Waals surface area (Å²) in [4.78, 5) is 49.9. The Morgan fingerprint density at radius 1 is 1.07 bits per heavy atom. The molecule has 2 N–H and O–H groups in total. The van der Waals surface area contributed by atoms with E-state index in [-0.39, 0.29) is 12.2 Å². The van der Waals surface area contributed by atoms with Gasteiger partial charge in [-0.1, -0.05) is 19.1 Å². The highest BCUT2D eigenvalue weighted by molar-refractivity contribution is 6.10. The lowest BCUT2D eigenvalue weighted by atomic mass is 9.87. The number of carbonyl (C=O) groups is 4. The number of nitrogens with one attached hydrogen (secondary N) is 2. The lowest BCUT2D eigenvalue weighted by Crippen LogP contribution is -2.44. The zero-order chi connectivity index (χ0) is 21.2. The zero-order valence-electron chi connectivity index (χ0n) is 16.0. The number of urea groups is 1. The Hall–Kier alpha value is -3.55. The first-order valence-corrected chi connectivity index (χ1v) is 9.08. The quantitative estimate of drug-likeness (QED) is 0.579. The second-order valence-corrected chi connectivity index (χ2v) is 6.77. The number of anilines is 1. The average molecular weight is 397 g/mol. The summed E-state index contributed by atoms with van der Waals surface area (Å²) in [6.45, 7) is 2.69. The van der Waals surface area contributed by atoms with E-state index in [2.05, 4.69) is 10.6 Å². The largest absolute Gasteiger partial charge is 0.325 e. The van der Waals surface area contributed by atoms with Gasteiger partial charge in [0, 0.05) is 11.3 Å². The molecule has 0 radical (unpaired) electrons.